The lowest BCUT2D eigenvalue weighted by molar-refractivity contribution is 0.963. The minimum Gasteiger partial charge on any atom is -0.350 e. The van der Waals surface area contributed by atoms with Gasteiger partial charge in [-0.05, 0) is 30.2 Å². The van der Waals surface area contributed by atoms with Crippen molar-refractivity contribution < 1.29 is 0 Å². The number of benzene rings is 1. The zero-order valence-electron chi connectivity index (χ0n) is 9.12. The SMILES string of the molecule is [C-]#[N+]CCc1ccc2c(c1)c(C)cn2C. The minimum atomic E-state index is 0.581. The first kappa shape index (κ1) is 9.79. The van der Waals surface area contributed by atoms with E-state index in [0.29, 0.717) is 6.54 Å². The van der Waals surface area contributed by atoms with E-state index in [-0.39, 0.29) is 0 Å². The highest BCUT2D eigenvalue weighted by atomic mass is 14.9. The number of hydrogen-bond donors (Lipinski definition) is 0. The van der Waals surface area contributed by atoms with E-state index in [4.69, 9.17) is 6.57 Å². The standard InChI is InChI=1S/C13H14N2/c1-10-9-15(3)13-5-4-11(6-7-14-2)8-12(10)13/h4-5,8-9H,6-7H2,1,3H3. The van der Waals surface area contributed by atoms with Crippen molar-refractivity contribution in [2.75, 3.05) is 6.54 Å². The molecule has 0 radical (unpaired) electrons. The molecule has 15 heavy (non-hydrogen) atoms. The van der Waals surface area contributed by atoms with Crippen LogP contribution in [0.25, 0.3) is 15.7 Å². The van der Waals surface area contributed by atoms with Crippen molar-refractivity contribution in [2.45, 2.75) is 13.3 Å². The molecule has 2 aromatic rings. The monoisotopic (exact) mass is 198 g/mol. The summed E-state index contributed by atoms with van der Waals surface area (Å²) in [5, 5.41) is 1.31. The van der Waals surface area contributed by atoms with Crippen molar-refractivity contribution in [3.63, 3.8) is 0 Å². The molecule has 0 atom stereocenters. The molecule has 1 heterocycles. The lowest BCUT2D eigenvalue weighted by atomic mass is 10.1. The lowest BCUT2D eigenvalue weighted by Crippen LogP contribution is -1.88. The van der Waals surface area contributed by atoms with Crippen molar-refractivity contribution in [3.8, 4) is 0 Å². The molecule has 0 saturated heterocycles. The molecule has 0 spiro atoms. The molecule has 1 aromatic heterocycles. The summed E-state index contributed by atoms with van der Waals surface area (Å²) < 4.78 is 2.14. The minimum absolute atomic E-state index is 0.581. The summed E-state index contributed by atoms with van der Waals surface area (Å²) in [6.07, 6.45) is 3.00. The molecule has 0 aliphatic carbocycles. The third-order valence-electron chi connectivity index (χ3n) is 2.77. The number of nitrogens with zero attached hydrogens (tertiary/aromatic N) is 2. The van der Waals surface area contributed by atoms with E-state index in [1.54, 1.807) is 0 Å². The Kier molecular flexibility index (Phi) is 2.47. The van der Waals surface area contributed by atoms with Gasteiger partial charge in [0.2, 0.25) is 6.54 Å². The predicted molar refractivity (Wildman–Crippen MR) is 62.8 cm³/mol. The smallest absolute Gasteiger partial charge is 0.218 e. The van der Waals surface area contributed by atoms with Gasteiger partial charge in [-0.3, -0.25) is 0 Å². The molecule has 2 nitrogen and oxygen atoms in total. The summed E-state index contributed by atoms with van der Waals surface area (Å²) in [6.45, 7) is 9.49. The Morgan fingerprint density at radius 3 is 2.93 bits per heavy atom. The molecule has 0 saturated carbocycles. The first-order valence-corrected chi connectivity index (χ1v) is 5.10. The molecule has 76 valence electrons. The van der Waals surface area contributed by atoms with Crippen molar-refractivity contribution in [1.82, 2.24) is 4.57 Å². The number of aromatic nitrogens is 1. The molecule has 0 unspecified atom stereocenters. The molecule has 0 aliphatic heterocycles. The Morgan fingerprint density at radius 1 is 1.40 bits per heavy atom. The number of fused-ring (bicyclic) bond motifs is 1. The van der Waals surface area contributed by atoms with Crippen LogP contribution in [0.5, 0.6) is 0 Å². The number of hydrogen-bond acceptors (Lipinski definition) is 0. The third kappa shape index (κ3) is 1.73. The molecule has 1 aromatic carbocycles. The zero-order chi connectivity index (χ0) is 10.8. The molecule has 2 rings (SSSR count). The van der Waals surface area contributed by atoms with Gasteiger partial charge in [0.05, 0.1) is 0 Å². The van der Waals surface area contributed by atoms with E-state index >= 15 is 0 Å². The maximum absolute atomic E-state index is 6.78. The van der Waals surface area contributed by atoms with Crippen LogP contribution in [-0.4, -0.2) is 11.1 Å². The van der Waals surface area contributed by atoms with E-state index in [2.05, 4.69) is 47.8 Å². The van der Waals surface area contributed by atoms with Crippen LogP contribution in [-0.2, 0) is 13.5 Å². The third-order valence-corrected chi connectivity index (χ3v) is 2.77. The van der Waals surface area contributed by atoms with Gasteiger partial charge in [-0.2, -0.15) is 0 Å². The molecule has 0 bridgehead atoms. The Morgan fingerprint density at radius 2 is 2.20 bits per heavy atom. The van der Waals surface area contributed by atoms with Crippen LogP contribution >= 0.6 is 0 Å². The van der Waals surface area contributed by atoms with E-state index < -0.39 is 0 Å². The zero-order valence-corrected chi connectivity index (χ0v) is 9.12. The number of aryl methyl sites for hydroxylation is 2. The highest BCUT2D eigenvalue weighted by molar-refractivity contribution is 5.84. The van der Waals surface area contributed by atoms with Gasteiger partial charge < -0.3 is 9.41 Å². The van der Waals surface area contributed by atoms with Gasteiger partial charge in [-0.15, -0.1) is 0 Å². The normalized spacial score (nSPS) is 10.5. The second-order valence-corrected chi connectivity index (χ2v) is 3.91. The molecule has 0 N–H and O–H groups in total. The van der Waals surface area contributed by atoms with Gasteiger partial charge in [0.25, 0.3) is 0 Å². The van der Waals surface area contributed by atoms with Gasteiger partial charge >= 0.3 is 0 Å². The second-order valence-electron chi connectivity index (χ2n) is 3.91. The fourth-order valence-electron chi connectivity index (χ4n) is 1.98. The van der Waals surface area contributed by atoms with Crippen LogP contribution in [0.3, 0.4) is 0 Å². The summed E-state index contributed by atoms with van der Waals surface area (Å²) >= 11 is 0. The highest BCUT2D eigenvalue weighted by Crippen LogP contribution is 2.21. The number of rotatable bonds is 2. The van der Waals surface area contributed by atoms with Crippen LogP contribution < -0.4 is 0 Å². The molecule has 0 aliphatic rings. The molecule has 0 fully saturated rings. The van der Waals surface area contributed by atoms with Crippen molar-refractivity contribution in [2.24, 2.45) is 7.05 Å². The largest absolute Gasteiger partial charge is 0.350 e. The quantitative estimate of drug-likeness (QED) is 0.656. The Labute approximate surface area is 90.0 Å². The van der Waals surface area contributed by atoms with Gasteiger partial charge in [0.15, 0.2) is 0 Å². The lowest BCUT2D eigenvalue weighted by Gasteiger charge is -1.99. The van der Waals surface area contributed by atoms with Crippen LogP contribution in [0.4, 0.5) is 0 Å². The Hall–Kier alpha value is -1.75. The summed E-state index contributed by atoms with van der Waals surface area (Å²) in [5.41, 5.74) is 3.82. The summed E-state index contributed by atoms with van der Waals surface area (Å²) in [4.78, 5) is 3.38. The first-order valence-electron chi connectivity index (χ1n) is 5.10. The fourth-order valence-corrected chi connectivity index (χ4v) is 1.98. The van der Waals surface area contributed by atoms with Gasteiger partial charge in [0.1, 0.15) is 0 Å². The second kappa shape index (κ2) is 3.78. The van der Waals surface area contributed by atoms with E-state index in [1.165, 1.54) is 22.0 Å². The van der Waals surface area contributed by atoms with Crippen molar-refractivity contribution in [3.05, 3.63) is 46.9 Å². The van der Waals surface area contributed by atoms with Crippen molar-refractivity contribution in [1.29, 1.82) is 0 Å². The van der Waals surface area contributed by atoms with E-state index in [1.807, 2.05) is 0 Å². The van der Waals surface area contributed by atoms with Crippen LogP contribution in [0, 0.1) is 13.5 Å². The summed E-state index contributed by atoms with van der Waals surface area (Å²) in [5.74, 6) is 0. The van der Waals surface area contributed by atoms with E-state index in [9.17, 15) is 0 Å². The van der Waals surface area contributed by atoms with Gasteiger partial charge in [-0.1, -0.05) is 6.07 Å². The fraction of sp³-hybridized carbons (Fsp3) is 0.308. The van der Waals surface area contributed by atoms with Gasteiger partial charge in [-0.25, -0.2) is 6.57 Å². The summed E-state index contributed by atoms with van der Waals surface area (Å²) in [6, 6.07) is 6.46. The maximum atomic E-state index is 6.78. The van der Waals surface area contributed by atoms with Crippen LogP contribution in [0.1, 0.15) is 11.1 Å². The maximum Gasteiger partial charge on any atom is 0.218 e. The van der Waals surface area contributed by atoms with Crippen molar-refractivity contribution >= 4 is 10.9 Å². The van der Waals surface area contributed by atoms with Crippen LogP contribution in [0.15, 0.2) is 24.4 Å². The van der Waals surface area contributed by atoms with Gasteiger partial charge in [0, 0.05) is 30.6 Å². The van der Waals surface area contributed by atoms with Crippen LogP contribution in [0.2, 0.25) is 0 Å². The topological polar surface area (TPSA) is 9.29 Å². The molecular formula is C13H14N2. The average molecular weight is 198 g/mol. The Bertz CT molecular complexity index is 529. The molecule has 2 heteroatoms. The summed E-state index contributed by atoms with van der Waals surface area (Å²) in [7, 11) is 2.06. The first-order chi connectivity index (χ1) is 7.22. The molecular weight excluding hydrogens is 184 g/mol. The Balaban J connectivity index is 2.47. The van der Waals surface area contributed by atoms with E-state index in [0.717, 1.165) is 6.42 Å². The highest BCUT2D eigenvalue weighted by Gasteiger charge is 2.04. The predicted octanol–water partition coefficient (Wildman–Crippen LogP) is 2.95. The molecule has 0 amide bonds. The average Bonchev–Trinajstić information content (AvgIpc) is 2.52.